The molecule has 0 saturated heterocycles. The molecule has 0 radical (unpaired) electrons. The Morgan fingerprint density at radius 3 is 2.65 bits per heavy atom. The number of hydrogen-bond donors (Lipinski definition) is 0. The van der Waals surface area contributed by atoms with Gasteiger partial charge in [0.1, 0.15) is 12.4 Å². The van der Waals surface area contributed by atoms with Gasteiger partial charge in [0.15, 0.2) is 11.5 Å². The summed E-state index contributed by atoms with van der Waals surface area (Å²) in [6.07, 6.45) is 0.837. The molecular formula is C25H27FN2O3. The van der Waals surface area contributed by atoms with Crippen molar-refractivity contribution in [1.29, 1.82) is 0 Å². The molecule has 1 aliphatic heterocycles. The molecule has 1 aromatic heterocycles. The van der Waals surface area contributed by atoms with E-state index < -0.39 is 0 Å². The lowest BCUT2D eigenvalue weighted by Crippen LogP contribution is -2.35. The molecule has 1 unspecified atom stereocenters. The third-order valence-electron chi connectivity index (χ3n) is 5.65. The topological polar surface area (TPSA) is 43.8 Å². The van der Waals surface area contributed by atoms with E-state index in [1.807, 2.05) is 36.4 Å². The number of benzene rings is 2. The highest BCUT2D eigenvalue weighted by atomic mass is 19.1. The minimum absolute atomic E-state index is 0.209. The Labute approximate surface area is 182 Å². The first-order valence-electron chi connectivity index (χ1n) is 10.4. The lowest BCUT2D eigenvalue weighted by Gasteiger charge is -2.27. The maximum Gasteiger partial charge on any atom is 0.213 e. The van der Waals surface area contributed by atoms with Gasteiger partial charge in [-0.2, -0.15) is 0 Å². The molecule has 3 aromatic rings. The molecule has 0 spiro atoms. The van der Waals surface area contributed by atoms with E-state index in [1.165, 1.54) is 12.1 Å². The van der Waals surface area contributed by atoms with Crippen molar-refractivity contribution in [1.82, 2.24) is 9.88 Å². The standard InChI is InChI=1S/C25H27FN2O3/c1-17(13-18-7-9-21(26)10-8-18)28-11-12-31-25-20(16-28)14-19(15-23(25)29-2)22-5-4-6-24(27-22)30-3/h4-10,14-15,17H,11-13,16H2,1-3H3. The molecule has 2 aromatic carbocycles. The lowest BCUT2D eigenvalue weighted by atomic mass is 10.0. The summed E-state index contributed by atoms with van der Waals surface area (Å²) >= 11 is 0. The Kier molecular flexibility index (Phi) is 6.37. The maximum absolute atomic E-state index is 13.2. The molecule has 0 bridgehead atoms. The first kappa shape index (κ1) is 21.1. The highest BCUT2D eigenvalue weighted by Crippen LogP contribution is 2.38. The highest BCUT2D eigenvalue weighted by molar-refractivity contribution is 5.67. The van der Waals surface area contributed by atoms with E-state index in [4.69, 9.17) is 14.2 Å². The predicted molar refractivity (Wildman–Crippen MR) is 118 cm³/mol. The molecule has 162 valence electrons. The van der Waals surface area contributed by atoms with Crippen LogP contribution in [0.4, 0.5) is 4.39 Å². The summed E-state index contributed by atoms with van der Waals surface area (Å²) in [4.78, 5) is 6.95. The number of methoxy groups -OCH3 is 2. The molecule has 0 N–H and O–H groups in total. The van der Waals surface area contributed by atoms with Crippen LogP contribution in [0.3, 0.4) is 0 Å². The quantitative estimate of drug-likeness (QED) is 0.575. The van der Waals surface area contributed by atoms with Crippen molar-refractivity contribution >= 4 is 0 Å². The van der Waals surface area contributed by atoms with Crippen LogP contribution < -0.4 is 14.2 Å². The number of ether oxygens (including phenoxy) is 3. The van der Waals surface area contributed by atoms with Crippen molar-refractivity contribution in [2.75, 3.05) is 27.4 Å². The largest absolute Gasteiger partial charge is 0.493 e. The third kappa shape index (κ3) is 4.80. The number of hydrogen-bond acceptors (Lipinski definition) is 5. The molecule has 5 nitrogen and oxygen atoms in total. The summed E-state index contributed by atoms with van der Waals surface area (Å²) in [5, 5.41) is 0. The van der Waals surface area contributed by atoms with Gasteiger partial charge in [-0.15, -0.1) is 0 Å². The Balaban J connectivity index is 1.62. The molecule has 6 heteroatoms. The molecule has 0 saturated carbocycles. The zero-order valence-electron chi connectivity index (χ0n) is 18.1. The second-order valence-electron chi connectivity index (χ2n) is 7.73. The fraction of sp³-hybridized carbons (Fsp3) is 0.320. The summed E-state index contributed by atoms with van der Waals surface area (Å²) in [6, 6.07) is 16.8. The van der Waals surface area contributed by atoms with Crippen molar-refractivity contribution in [2.24, 2.45) is 0 Å². The summed E-state index contributed by atoms with van der Waals surface area (Å²) in [7, 11) is 3.26. The molecule has 31 heavy (non-hydrogen) atoms. The second-order valence-corrected chi connectivity index (χ2v) is 7.73. The van der Waals surface area contributed by atoms with Crippen molar-refractivity contribution < 1.29 is 18.6 Å². The minimum atomic E-state index is -0.209. The van der Waals surface area contributed by atoms with Crippen LogP contribution >= 0.6 is 0 Å². The van der Waals surface area contributed by atoms with E-state index in [-0.39, 0.29) is 11.9 Å². The van der Waals surface area contributed by atoms with Crippen molar-refractivity contribution in [3.05, 3.63) is 71.5 Å². The van der Waals surface area contributed by atoms with Crippen LogP contribution in [0, 0.1) is 5.82 Å². The Hall–Kier alpha value is -3.12. The predicted octanol–water partition coefficient (Wildman–Crippen LogP) is 4.73. The van der Waals surface area contributed by atoms with Crippen LogP contribution in [0.1, 0.15) is 18.1 Å². The normalized spacial score (nSPS) is 14.8. The molecule has 4 rings (SSSR count). The summed E-state index contributed by atoms with van der Waals surface area (Å²) in [5.41, 5.74) is 3.94. The van der Waals surface area contributed by atoms with Crippen molar-refractivity contribution in [3.63, 3.8) is 0 Å². The number of pyridine rings is 1. The number of nitrogens with zero attached hydrogens (tertiary/aromatic N) is 2. The summed E-state index contributed by atoms with van der Waals surface area (Å²) in [6.45, 7) is 4.30. The Morgan fingerprint density at radius 2 is 1.90 bits per heavy atom. The number of fused-ring (bicyclic) bond motifs is 1. The molecular weight excluding hydrogens is 395 g/mol. The zero-order chi connectivity index (χ0) is 21.8. The van der Waals surface area contributed by atoms with Gasteiger partial charge < -0.3 is 14.2 Å². The molecule has 0 fully saturated rings. The van der Waals surface area contributed by atoms with E-state index in [0.717, 1.165) is 47.6 Å². The third-order valence-corrected chi connectivity index (χ3v) is 5.65. The number of rotatable bonds is 6. The highest BCUT2D eigenvalue weighted by Gasteiger charge is 2.24. The van der Waals surface area contributed by atoms with Crippen LogP contribution in [0.5, 0.6) is 17.4 Å². The van der Waals surface area contributed by atoms with Gasteiger partial charge in [-0.1, -0.05) is 18.2 Å². The van der Waals surface area contributed by atoms with E-state index in [1.54, 1.807) is 14.2 Å². The van der Waals surface area contributed by atoms with Crippen LogP contribution in [-0.4, -0.2) is 43.3 Å². The molecule has 0 aliphatic carbocycles. The second kappa shape index (κ2) is 9.35. The van der Waals surface area contributed by atoms with E-state index in [0.29, 0.717) is 18.2 Å². The summed E-state index contributed by atoms with van der Waals surface area (Å²) in [5.74, 6) is 1.84. The van der Waals surface area contributed by atoms with Crippen LogP contribution in [0.2, 0.25) is 0 Å². The van der Waals surface area contributed by atoms with Gasteiger partial charge in [0.25, 0.3) is 0 Å². The van der Waals surface area contributed by atoms with Crippen molar-refractivity contribution in [2.45, 2.75) is 25.9 Å². The monoisotopic (exact) mass is 422 g/mol. The molecule has 0 amide bonds. The van der Waals surface area contributed by atoms with Gasteiger partial charge in [-0.3, -0.25) is 4.90 Å². The van der Waals surface area contributed by atoms with Crippen molar-refractivity contribution in [3.8, 4) is 28.6 Å². The fourth-order valence-electron chi connectivity index (χ4n) is 3.96. The molecule has 1 atom stereocenters. The van der Waals surface area contributed by atoms with Crippen LogP contribution in [-0.2, 0) is 13.0 Å². The smallest absolute Gasteiger partial charge is 0.213 e. The number of aromatic nitrogens is 1. The fourth-order valence-corrected chi connectivity index (χ4v) is 3.96. The zero-order valence-corrected chi connectivity index (χ0v) is 18.1. The van der Waals surface area contributed by atoms with Crippen LogP contribution in [0.15, 0.2) is 54.6 Å². The Morgan fingerprint density at radius 1 is 1.10 bits per heavy atom. The lowest BCUT2D eigenvalue weighted by molar-refractivity contribution is 0.177. The van der Waals surface area contributed by atoms with E-state index in [9.17, 15) is 4.39 Å². The van der Waals surface area contributed by atoms with E-state index >= 15 is 0 Å². The first-order chi connectivity index (χ1) is 15.1. The maximum atomic E-state index is 13.2. The van der Waals surface area contributed by atoms with Gasteiger partial charge in [0.2, 0.25) is 5.88 Å². The number of halogens is 1. The van der Waals surface area contributed by atoms with Gasteiger partial charge in [0, 0.05) is 36.3 Å². The molecule has 2 heterocycles. The summed E-state index contributed by atoms with van der Waals surface area (Å²) < 4.78 is 30.3. The first-order valence-corrected chi connectivity index (χ1v) is 10.4. The average Bonchev–Trinajstić information content (AvgIpc) is 3.02. The van der Waals surface area contributed by atoms with Gasteiger partial charge in [0.05, 0.1) is 19.9 Å². The van der Waals surface area contributed by atoms with Gasteiger partial charge in [-0.05, 0) is 49.2 Å². The molecule has 1 aliphatic rings. The van der Waals surface area contributed by atoms with Gasteiger partial charge >= 0.3 is 0 Å². The minimum Gasteiger partial charge on any atom is -0.493 e. The van der Waals surface area contributed by atoms with Gasteiger partial charge in [-0.25, -0.2) is 9.37 Å². The average molecular weight is 423 g/mol. The SMILES string of the molecule is COc1cccc(-c2cc3c(c(OC)c2)OCCN(C(C)Cc2ccc(F)cc2)C3)n1. The van der Waals surface area contributed by atoms with E-state index in [2.05, 4.69) is 22.9 Å². The Bertz CT molecular complexity index is 1040. The van der Waals surface area contributed by atoms with Crippen LogP contribution in [0.25, 0.3) is 11.3 Å².